The molecule has 0 aliphatic carbocycles. The van der Waals surface area contributed by atoms with E-state index < -0.39 is 8.07 Å². The molecule has 2 aliphatic rings. The molecular formula is C60H40BNO2Si. The van der Waals surface area contributed by atoms with Crippen LogP contribution < -0.4 is 41.1 Å². The van der Waals surface area contributed by atoms with Crippen LogP contribution in [-0.4, -0.2) is 19.6 Å². The van der Waals surface area contributed by atoms with Crippen molar-refractivity contribution in [1.29, 1.82) is 0 Å². The molecule has 0 saturated carbocycles. The zero-order valence-corrected chi connectivity index (χ0v) is 36.4. The molecule has 0 unspecified atom stereocenters. The molecule has 0 amide bonds. The second-order valence-electron chi connectivity index (χ2n) is 17.1. The van der Waals surface area contributed by atoms with Crippen molar-refractivity contribution >= 4 is 68.5 Å². The van der Waals surface area contributed by atoms with Crippen LogP contribution in [0.15, 0.2) is 243 Å². The predicted octanol–water partition coefficient (Wildman–Crippen LogP) is 10.8. The number of hydrogen-bond donors (Lipinski definition) is 0. The summed E-state index contributed by atoms with van der Waals surface area (Å²) in [6, 6.07) is 88.4. The minimum Gasteiger partial charge on any atom is -0.551 e. The lowest BCUT2D eigenvalue weighted by atomic mass is 9.50. The molecule has 5 heteroatoms. The Labute approximate surface area is 379 Å². The van der Waals surface area contributed by atoms with E-state index >= 15 is 0 Å². The summed E-state index contributed by atoms with van der Waals surface area (Å²) in [5.74, 6) is 2.52. The first-order chi connectivity index (χ1) is 32.2. The van der Waals surface area contributed by atoms with Gasteiger partial charge in [0.25, 0.3) is 0 Å². The molecule has 0 atom stereocenters. The van der Waals surface area contributed by atoms with E-state index in [0.29, 0.717) is 0 Å². The van der Waals surface area contributed by atoms with E-state index in [9.17, 15) is 0 Å². The Balaban J connectivity index is 0.921. The summed E-state index contributed by atoms with van der Waals surface area (Å²) in [5.41, 5.74) is 12.4. The maximum atomic E-state index is 7.16. The third-order valence-corrected chi connectivity index (χ3v) is 18.5. The van der Waals surface area contributed by atoms with Gasteiger partial charge < -0.3 is 14.0 Å². The van der Waals surface area contributed by atoms with E-state index in [2.05, 4.69) is 247 Å². The molecule has 0 spiro atoms. The lowest BCUT2D eigenvalue weighted by Crippen LogP contribution is -2.75. The van der Waals surface area contributed by atoms with E-state index in [1.807, 2.05) is 0 Å². The van der Waals surface area contributed by atoms with Gasteiger partial charge in [0.1, 0.15) is 17.2 Å². The number of fused-ring (bicyclic) bond motifs is 7. The SMILES string of the molecule is c1ccc([Si](c2ccccc2)(c2ccccc2)c2ccccc2-c2ccc3c(c2)B2Oc4ccc(-c5cccc(-n6c7ccccc7c7ccccc76)c5)cc4-c4cccc(c42)O3)cc1. The molecule has 0 N–H and O–H groups in total. The first-order valence-electron chi connectivity index (χ1n) is 22.4. The van der Waals surface area contributed by atoms with E-state index in [0.717, 1.165) is 61.7 Å². The van der Waals surface area contributed by atoms with E-state index in [-0.39, 0.29) is 6.92 Å². The number of aromatic nitrogens is 1. The minimum absolute atomic E-state index is 0.339. The van der Waals surface area contributed by atoms with Crippen molar-refractivity contribution in [2.75, 3.05) is 0 Å². The summed E-state index contributed by atoms with van der Waals surface area (Å²) in [4.78, 5) is 0. The summed E-state index contributed by atoms with van der Waals surface area (Å²) in [6.07, 6.45) is 0. The summed E-state index contributed by atoms with van der Waals surface area (Å²) >= 11 is 0. The molecule has 11 aromatic rings. The first-order valence-corrected chi connectivity index (χ1v) is 24.4. The Bertz CT molecular complexity index is 3470. The van der Waals surface area contributed by atoms with Gasteiger partial charge in [-0.1, -0.05) is 194 Å². The molecule has 0 radical (unpaired) electrons. The molecule has 13 rings (SSSR count). The number of benzene rings is 10. The largest absolute Gasteiger partial charge is 0.551 e. The summed E-state index contributed by atoms with van der Waals surface area (Å²) in [5, 5.41) is 7.87. The maximum absolute atomic E-state index is 7.16. The topological polar surface area (TPSA) is 23.4 Å². The van der Waals surface area contributed by atoms with Crippen LogP contribution in [0, 0.1) is 0 Å². The molecule has 2 aliphatic heterocycles. The van der Waals surface area contributed by atoms with Crippen molar-refractivity contribution in [3.05, 3.63) is 243 Å². The fourth-order valence-corrected chi connectivity index (χ4v) is 15.8. The van der Waals surface area contributed by atoms with Gasteiger partial charge in [-0.2, -0.15) is 0 Å². The average Bonchev–Trinajstić information content (AvgIpc) is 3.72. The Morgan fingerprint density at radius 3 is 1.62 bits per heavy atom. The van der Waals surface area contributed by atoms with Gasteiger partial charge in [-0.3, -0.25) is 0 Å². The van der Waals surface area contributed by atoms with Crippen molar-refractivity contribution in [1.82, 2.24) is 4.57 Å². The fourth-order valence-electron chi connectivity index (χ4n) is 10.8. The number of nitrogens with zero attached hydrogens (tertiary/aromatic N) is 1. The summed E-state index contributed by atoms with van der Waals surface area (Å²) < 4.78 is 16.3. The van der Waals surface area contributed by atoms with Gasteiger partial charge in [0, 0.05) is 32.9 Å². The van der Waals surface area contributed by atoms with Gasteiger partial charge in [0.2, 0.25) is 0 Å². The van der Waals surface area contributed by atoms with Gasteiger partial charge in [0.15, 0.2) is 8.07 Å². The summed E-state index contributed by atoms with van der Waals surface area (Å²) in [6.45, 7) is -0.339. The Morgan fingerprint density at radius 1 is 0.369 bits per heavy atom. The molecule has 10 aromatic carbocycles. The Morgan fingerprint density at radius 2 is 0.923 bits per heavy atom. The standard InChI is InChI=1S/C60H40BNO2Si/c1-4-20-45(21-5-1)65(46-22-6-2-7-23-46,47-24-8-3-9-25-47)59-33-15-12-26-48(59)43-35-37-57-53(40-43)61-60-51(29-17-32-58(60)63-57)52-39-42(34-36-56(52)64-61)41-18-16-19-44(38-41)62-54-30-13-10-27-49(54)50-28-11-14-31-55(50)62/h1-40H. The number of rotatable bonds is 7. The molecule has 0 saturated heterocycles. The molecule has 3 nitrogen and oxygen atoms in total. The second kappa shape index (κ2) is 15.0. The summed E-state index contributed by atoms with van der Waals surface area (Å²) in [7, 11) is -2.83. The highest BCUT2D eigenvalue weighted by atomic mass is 28.3. The third kappa shape index (κ3) is 5.83. The second-order valence-corrected chi connectivity index (χ2v) is 20.9. The molecule has 3 heterocycles. The van der Waals surface area contributed by atoms with Gasteiger partial charge in [-0.15, -0.1) is 0 Å². The van der Waals surface area contributed by atoms with Crippen LogP contribution in [0.3, 0.4) is 0 Å². The van der Waals surface area contributed by atoms with Crippen molar-refractivity contribution in [3.8, 4) is 56.3 Å². The van der Waals surface area contributed by atoms with Crippen molar-refractivity contribution in [3.63, 3.8) is 0 Å². The van der Waals surface area contributed by atoms with E-state index in [4.69, 9.17) is 9.39 Å². The fraction of sp³-hybridized carbons (Fsp3) is 0. The normalized spacial score (nSPS) is 12.5. The zero-order chi connectivity index (χ0) is 42.9. The van der Waals surface area contributed by atoms with Crippen LogP contribution in [0.1, 0.15) is 0 Å². The Hall–Kier alpha value is -8.12. The predicted molar refractivity (Wildman–Crippen MR) is 273 cm³/mol. The van der Waals surface area contributed by atoms with Crippen LogP contribution in [-0.2, 0) is 0 Å². The number of para-hydroxylation sites is 2. The van der Waals surface area contributed by atoms with Crippen LogP contribution in [0.4, 0.5) is 0 Å². The lowest BCUT2D eigenvalue weighted by molar-refractivity contribution is 0.479. The molecule has 1 aromatic heterocycles. The Kier molecular flexibility index (Phi) is 8.65. The first kappa shape index (κ1) is 37.4. The van der Waals surface area contributed by atoms with E-state index in [1.165, 1.54) is 48.1 Å². The van der Waals surface area contributed by atoms with Gasteiger partial charge in [0.05, 0.1) is 11.0 Å². The van der Waals surface area contributed by atoms with Crippen LogP contribution in [0.25, 0.3) is 60.9 Å². The smallest absolute Gasteiger partial charge is 0.434 e. The van der Waals surface area contributed by atoms with Crippen molar-refractivity contribution in [2.45, 2.75) is 0 Å². The lowest BCUT2D eigenvalue weighted by Gasteiger charge is -2.36. The monoisotopic (exact) mass is 845 g/mol. The van der Waals surface area contributed by atoms with Gasteiger partial charge in [-0.05, 0) is 97.1 Å². The molecule has 0 fully saturated rings. The van der Waals surface area contributed by atoms with E-state index in [1.54, 1.807) is 0 Å². The van der Waals surface area contributed by atoms with Crippen molar-refractivity contribution in [2.24, 2.45) is 0 Å². The van der Waals surface area contributed by atoms with Crippen LogP contribution in [0.2, 0.25) is 0 Å². The van der Waals surface area contributed by atoms with Crippen LogP contribution in [0.5, 0.6) is 17.2 Å². The van der Waals surface area contributed by atoms with Gasteiger partial charge in [-0.25, -0.2) is 0 Å². The van der Waals surface area contributed by atoms with Crippen molar-refractivity contribution < 1.29 is 9.39 Å². The minimum atomic E-state index is -2.83. The zero-order valence-electron chi connectivity index (χ0n) is 35.4. The maximum Gasteiger partial charge on any atom is 0.434 e. The highest BCUT2D eigenvalue weighted by Crippen LogP contribution is 2.42. The molecular weight excluding hydrogens is 806 g/mol. The van der Waals surface area contributed by atoms with Crippen LogP contribution >= 0.6 is 0 Å². The third-order valence-electron chi connectivity index (χ3n) is 13.6. The number of hydrogen-bond acceptors (Lipinski definition) is 2. The average molecular weight is 846 g/mol. The highest BCUT2D eigenvalue weighted by Gasteiger charge is 2.44. The molecule has 0 bridgehead atoms. The number of ether oxygens (including phenoxy) is 1. The highest BCUT2D eigenvalue weighted by molar-refractivity contribution is 7.20. The quantitative estimate of drug-likeness (QED) is 0.118. The molecule has 65 heavy (non-hydrogen) atoms. The van der Waals surface area contributed by atoms with Gasteiger partial charge >= 0.3 is 6.92 Å². The molecule has 304 valence electrons.